The van der Waals surface area contributed by atoms with Gasteiger partial charge in [0.05, 0.1) is 5.52 Å². The molecule has 0 fully saturated rings. The fraction of sp³-hybridized carbons (Fsp3) is 0.0667. The van der Waals surface area contributed by atoms with Gasteiger partial charge in [0.15, 0.2) is 23.0 Å². The van der Waals surface area contributed by atoms with Crippen molar-refractivity contribution < 1.29 is 18.0 Å². The van der Waals surface area contributed by atoms with E-state index in [2.05, 4.69) is 4.98 Å². The van der Waals surface area contributed by atoms with Gasteiger partial charge in [0.2, 0.25) is 0 Å². The van der Waals surface area contributed by atoms with Gasteiger partial charge in [0.25, 0.3) is 0 Å². The maximum absolute atomic E-state index is 13.5. The normalized spacial score (nSPS) is 11.0. The summed E-state index contributed by atoms with van der Waals surface area (Å²) >= 11 is 0. The first kappa shape index (κ1) is 13.2. The fourth-order valence-electron chi connectivity index (χ4n) is 2.08. The maximum Gasteiger partial charge on any atom is 0.417 e. The van der Waals surface area contributed by atoms with E-state index in [0.717, 1.165) is 6.07 Å². The van der Waals surface area contributed by atoms with Crippen molar-refractivity contribution in [3.05, 3.63) is 69.7 Å². The van der Waals surface area contributed by atoms with Gasteiger partial charge in [0.1, 0.15) is 0 Å². The number of oxazole rings is 1. The molecule has 0 unspecified atom stereocenters. The number of halogens is 2. The van der Waals surface area contributed by atoms with Gasteiger partial charge >= 0.3 is 5.76 Å². The number of ketones is 1. The number of aromatic nitrogens is 1. The maximum atomic E-state index is 13.5. The summed E-state index contributed by atoms with van der Waals surface area (Å²) in [5.41, 5.74) is 0.948. The van der Waals surface area contributed by atoms with Crippen LogP contribution in [0.3, 0.4) is 0 Å². The van der Waals surface area contributed by atoms with Crippen LogP contribution in [0.4, 0.5) is 8.78 Å². The molecule has 1 heterocycles. The quantitative estimate of drug-likeness (QED) is 0.754. The van der Waals surface area contributed by atoms with E-state index in [0.29, 0.717) is 5.52 Å². The molecular formula is C15H9F2NO3. The molecule has 0 spiro atoms. The minimum atomic E-state index is -1.03. The molecule has 1 N–H and O–H groups in total. The molecule has 0 aliphatic carbocycles. The highest BCUT2D eigenvalue weighted by Crippen LogP contribution is 2.17. The third-order valence-electron chi connectivity index (χ3n) is 3.13. The van der Waals surface area contributed by atoms with Gasteiger partial charge in [-0.15, -0.1) is 0 Å². The van der Waals surface area contributed by atoms with E-state index in [-0.39, 0.29) is 23.1 Å². The number of Topliss-reactive ketones (excluding diaryl/α,β-unsaturated/α-hetero) is 1. The largest absolute Gasteiger partial charge is 0.417 e. The van der Waals surface area contributed by atoms with Crippen molar-refractivity contribution >= 4 is 16.9 Å². The third kappa shape index (κ3) is 2.47. The van der Waals surface area contributed by atoms with Crippen LogP contribution in [-0.4, -0.2) is 10.8 Å². The predicted octanol–water partition coefficient (Wildman–Crippen LogP) is 2.82. The lowest BCUT2D eigenvalue weighted by molar-refractivity contribution is 0.0991. The van der Waals surface area contributed by atoms with Gasteiger partial charge in [0, 0.05) is 12.0 Å². The van der Waals surface area contributed by atoms with Crippen molar-refractivity contribution in [2.45, 2.75) is 6.42 Å². The molecule has 0 aliphatic rings. The topological polar surface area (TPSA) is 63.1 Å². The van der Waals surface area contributed by atoms with Crippen LogP contribution >= 0.6 is 0 Å². The molecule has 1 aromatic heterocycles. The molecule has 0 amide bonds. The van der Waals surface area contributed by atoms with E-state index in [1.54, 1.807) is 0 Å². The van der Waals surface area contributed by atoms with Crippen LogP contribution in [-0.2, 0) is 6.42 Å². The number of hydrogen-bond donors (Lipinski definition) is 1. The van der Waals surface area contributed by atoms with E-state index in [9.17, 15) is 18.4 Å². The second-order valence-electron chi connectivity index (χ2n) is 4.54. The summed E-state index contributed by atoms with van der Waals surface area (Å²) in [5, 5.41) is 0. The van der Waals surface area contributed by atoms with E-state index in [4.69, 9.17) is 4.42 Å². The van der Waals surface area contributed by atoms with Gasteiger partial charge in [-0.25, -0.2) is 13.6 Å². The number of fused-ring (bicyclic) bond motifs is 1. The summed E-state index contributed by atoms with van der Waals surface area (Å²) < 4.78 is 31.5. The number of hydrogen-bond acceptors (Lipinski definition) is 3. The van der Waals surface area contributed by atoms with Gasteiger partial charge < -0.3 is 4.42 Å². The van der Waals surface area contributed by atoms with Crippen molar-refractivity contribution in [2.75, 3.05) is 0 Å². The molecule has 106 valence electrons. The smallest absolute Gasteiger partial charge is 0.408 e. The Balaban J connectivity index is 1.93. The lowest BCUT2D eigenvalue weighted by atomic mass is 10.0. The van der Waals surface area contributed by atoms with E-state index < -0.39 is 23.2 Å². The van der Waals surface area contributed by atoms with Crippen molar-refractivity contribution in [2.24, 2.45) is 0 Å². The Morgan fingerprint density at radius 1 is 1.19 bits per heavy atom. The van der Waals surface area contributed by atoms with Crippen LogP contribution in [0.2, 0.25) is 0 Å². The molecule has 0 saturated heterocycles. The Kier molecular flexibility index (Phi) is 3.13. The predicted molar refractivity (Wildman–Crippen MR) is 71.2 cm³/mol. The van der Waals surface area contributed by atoms with E-state index in [1.165, 1.54) is 30.3 Å². The Morgan fingerprint density at radius 3 is 2.81 bits per heavy atom. The molecular weight excluding hydrogens is 280 g/mol. The zero-order chi connectivity index (χ0) is 15.0. The van der Waals surface area contributed by atoms with Crippen LogP contribution in [0, 0.1) is 11.6 Å². The van der Waals surface area contributed by atoms with E-state index in [1.807, 2.05) is 0 Å². The third-order valence-corrected chi connectivity index (χ3v) is 3.13. The zero-order valence-corrected chi connectivity index (χ0v) is 10.7. The first-order valence-corrected chi connectivity index (χ1v) is 6.13. The van der Waals surface area contributed by atoms with Crippen LogP contribution < -0.4 is 5.76 Å². The van der Waals surface area contributed by atoms with Crippen LogP contribution in [0.15, 0.2) is 45.6 Å². The Bertz CT molecular complexity index is 895. The Labute approximate surface area is 117 Å². The van der Waals surface area contributed by atoms with Gasteiger partial charge in [-0.05, 0) is 29.8 Å². The van der Waals surface area contributed by atoms with Crippen LogP contribution in [0.1, 0.15) is 15.9 Å². The van der Waals surface area contributed by atoms with Crippen molar-refractivity contribution in [1.82, 2.24) is 4.98 Å². The average molecular weight is 289 g/mol. The molecule has 0 aliphatic heterocycles. The number of carbonyl (C=O) groups excluding carboxylic acids is 1. The summed E-state index contributed by atoms with van der Waals surface area (Å²) in [4.78, 5) is 25.6. The average Bonchev–Trinajstić information content (AvgIpc) is 2.82. The first-order valence-electron chi connectivity index (χ1n) is 6.13. The minimum Gasteiger partial charge on any atom is -0.408 e. The number of H-pyrrole nitrogens is 1. The Hall–Kier alpha value is -2.76. The first-order chi connectivity index (χ1) is 10.0. The van der Waals surface area contributed by atoms with Gasteiger partial charge in [-0.3, -0.25) is 9.78 Å². The van der Waals surface area contributed by atoms with Gasteiger partial charge in [-0.1, -0.05) is 12.1 Å². The van der Waals surface area contributed by atoms with E-state index >= 15 is 0 Å². The van der Waals surface area contributed by atoms with Crippen molar-refractivity contribution in [3.63, 3.8) is 0 Å². The molecule has 3 rings (SSSR count). The molecule has 2 aromatic carbocycles. The molecule has 0 radical (unpaired) electrons. The minimum absolute atomic E-state index is 0.0179. The zero-order valence-electron chi connectivity index (χ0n) is 10.7. The molecule has 4 nitrogen and oxygen atoms in total. The number of aromatic amines is 1. The lowest BCUT2D eigenvalue weighted by Crippen LogP contribution is -2.06. The summed E-state index contributed by atoms with van der Waals surface area (Å²) in [6, 6.07) is 8.10. The summed E-state index contributed by atoms with van der Waals surface area (Å²) in [6.45, 7) is 0. The lowest BCUT2D eigenvalue weighted by Gasteiger charge is -2.03. The number of benzene rings is 2. The monoisotopic (exact) mass is 289 g/mol. The molecule has 21 heavy (non-hydrogen) atoms. The molecule has 0 bridgehead atoms. The highest BCUT2D eigenvalue weighted by Gasteiger charge is 2.14. The second-order valence-corrected chi connectivity index (χ2v) is 4.54. The van der Waals surface area contributed by atoms with Crippen LogP contribution in [0.25, 0.3) is 11.1 Å². The molecule has 0 saturated carbocycles. The van der Waals surface area contributed by atoms with Gasteiger partial charge in [-0.2, -0.15) is 0 Å². The SMILES string of the molecule is O=C(Cc1cccc(F)c1F)c1ccc2[nH]c(=O)oc2c1. The summed E-state index contributed by atoms with van der Waals surface area (Å²) in [7, 11) is 0. The molecule has 3 aromatic rings. The molecule has 6 heteroatoms. The van der Waals surface area contributed by atoms with Crippen molar-refractivity contribution in [1.29, 1.82) is 0 Å². The molecule has 0 atom stereocenters. The number of nitrogens with one attached hydrogen (secondary N) is 1. The Morgan fingerprint density at radius 2 is 2.00 bits per heavy atom. The number of rotatable bonds is 3. The summed E-state index contributed by atoms with van der Waals surface area (Å²) in [6.07, 6.45) is -0.274. The summed E-state index contributed by atoms with van der Waals surface area (Å²) in [5.74, 6) is -3.04. The number of carbonyl (C=O) groups is 1. The van der Waals surface area contributed by atoms with Crippen molar-refractivity contribution in [3.8, 4) is 0 Å². The van der Waals surface area contributed by atoms with Crippen LogP contribution in [0.5, 0.6) is 0 Å². The second kappa shape index (κ2) is 4.97. The standard InChI is InChI=1S/C15H9F2NO3/c16-10-3-1-2-9(14(10)17)6-12(19)8-4-5-11-13(7-8)21-15(20)18-11/h1-5,7H,6H2,(H,18,20). The fourth-order valence-corrected chi connectivity index (χ4v) is 2.08. The highest BCUT2D eigenvalue weighted by molar-refractivity contribution is 5.99. The highest BCUT2D eigenvalue weighted by atomic mass is 19.2.